The van der Waals surface area contributed by atoms with Crippen molar-refractivity contribution in [2.24, 2.45) is 0 Å². The molecule has 114 valence electrons. The Morgan fingerprint density at radius 1 is 1.41 bits per heavy atom. The van der Waals surface area contributed by atoms with Crippen LogP contribution in [0.3, 0.4) is 0 Å². The van der Waals surface area contributed by atoms with E-state index in [2.05, 4.69) is 20.3 Å². The number of hydrogen-bond acceptors (Lipinski definition) is 6. The van der Waals surface area contributed by atoms with E-state index in [0.717, 1.165) is 5.56 Å². The van der Waals surface area contributed by atoms with Gasteiger partial charge in [-0.1, -0.05) is 28.9 Å². The highest BCUT2D eigenvalue weighted by Crippen LogP contribution is 2.14. The van der Waals surface area contributed by atoms with Gasteiger partial charge in [0.15, 0.2) is 5.82 Å². The lowest BCUT2D eigenvalue weighted by molar-refractivity contribution is 0.363. The van der Waals surface area contributed by atoms with Gasteiger partial charge >= 0.3 is 0 Å². The van der Waals surface area contributed by atoms with Gasteiger partial charge < -0.3 is 4.52 Å². The first kappa shape index (κ1) is 14.9. The van der Waals surface area contributed by atoms with Gasteiger partial charge in [0.2, 0.25) is 11.0 Å². The van der Waals surface area contributed by atoms with Gasteiger partial charge in [0.05, 0.1) is 10.8 Å². The van der Waals surface area contributed by atoms with Gasteiger partial charge in [0.25, 0.3) is 0 Å². The summed E-state index contributed by atoms with van der Waals surface area (Å²) in [6.45, 7) is 0.282. The molecule has 0 spiro atoms. The molecular weight excluding hydrogens is 326 g/mol. The second kappa shape index (κ2) is 6.37. The summed E-state index contributed by atoms with van der Waals surface area (Å²) in [6, 6.07) is 7.49. The van der Waals surface area contributed by atoms with Gasteiger partial charge in [0, 0.05) is 17.7 Å². The molecule has 7 nitrogen and oxygen atoms in total. The molecule has 0 bridgehead atoms. The minimum Gasteiger partial charge on any atom is -0.337 e. The van der Waals surface area contributed by atoms with E-state index in [0.29, 0.717) is 28.3 Å². The van der Waals surface area contributed by atoms with Crippen LogP contribution in [0.5, 0.6) is 0 Å². The van der Waals surface area contributed by atoms with E-state index in [1.54, 1.807) is 10.8 Å². The van der Waals surface area contributed by atoms with E-state index in [4.69, 9.17) is 16.1 Å². The van der Waals surface area contributed by atoms with E-state index in [-0.39, 0.29) is 6.54 Å². The number of nitrogens with zero attached hydrogens (tertiary/aromatic N) is 5. The number of hydrogen-bond donors (Lipinski definition) is 0. The number of benzene rings is 1. The predicted octanol–water partition coefficient (Wildman–Crippen LogP) is 1.69. The van der Waals surface area contributed by atoms with Gasteiger partial charge in [-0.25, -0.2) is 0 Å². The molecule has 0 saturated heterocycles. The van der Waals surface area contributed by atoms with Crippen LogP contribution in [0.15, 0.2) is 40.3 Å². The molecular formula is C13H12ClN5O2S. The summed E-state index contributed by atoms with van der Waals surface area (Å²) in [6.07, 6.45) is 3.55. The molecule has 0 aliphatic carbocycles. The zero-order valence-electron chi connectivity index (χ0n) is 11.6. The van der Waals surface area contributed by atoms with Crippen LogP contribution >= 0.6 is 11.6 Å². The van der Waals surface area contributed by atoms with Gasteiger partial charge in [-0.2, -0.15) is 4.98 Å². The van der Waals surface area contributed by atoms with E-state index in [1.807, 2.05) is 24.3 Å². The van der Waals surface area contributed by atoms with Gasteiger partial charge in [-0.05, 0) is 17.7 Å². The molecule has 1 aromatic carbocycles. The third-order valence-corrected chi connectivity index (χ3v) is 3.97. The fraction of sp³-hybridized carbons (Fsp3) is 0.231. The van der Waals surface area contributed by atoms with Crippen molar-refractivity contribution in [3.63, 3.8) is 0 Å². The number of rotatable bonds is 5. The zero-order chi connectivity index (χ0) is 15.5. The van der Waals surface area contributed by atoms with Crippen molar-refractivity contribution in [2.45, 2.75) is 18.1 Å². The van der Waals surface area contributed by atoms with Crippen LogP contribution in [0.1, 0.15) is 17.3 Å². The zero-order valence-corrected chi connectivity index (χ0v) is 13.2. The Kier molecular flexibility index (Phi) is 4.30. The molecule has 0 N–H and O–H groups in total. The second-order valence-corrected chi connectivity index (χ2v) is 6.32. The summed E-state index contributed by atoms with van der Waals surface area (Å²) in [7, 11) is -1.23. The first-order chi connectivity index (χ1) is 10.6. The molecule has 9 heteroatoms. The molecule has 0 unspecified atom stereocenters. The van der Waals surface area contributed by atoms with E-state index < -0.39 is 10.8 Å². The summed E-state index contributed by atoms with van der Waals surface area (Å²) in [4.78, 5) is 4.31. The fourth-order valence-corrected chi connectivity index (χ4v) is 2.79. The van der Waals surface area contributed by atoms with Crippen molar-refractivity contribution in [3.05, 3.63) is 52.9 Å². The second-order valence-electron chi connectivity index (χ2n) is 4.61. The Morgan fingerprint density at radius 2 is 2.27 bits per heavy atom. The van der Waals surface area contributed by atoms with Crippen molar-refractivity contribution < 1.29 is 8.73 Å². The van der Waals surface area contributed by atoms with Gasteiger partial charge in [-0.15, -0.1) is 10.2 Å². The van der Waals surface area contributed by atoms with Crippen LogP contribution < -0.4 is 0 Å². The van der Waals surface area contributed by atoms with E-state index in [9.17, 15) is 4.21 Å². The molecule has 1 atom stereocenters. The largest absolute Gasteiger partial charge is 0.337 e. The van der Waals surface area contributed by atoms with Crippen LogP contribution in [0.25, 0.3) is 0 Å². The molecule has 22 heavy (non-hydrogen) atoms. The normalized spacial score (nSPS) is 12.5. The first-order valence-corrected chi connectivity index (χ1v) is 8.32. The summed E-state index contributed by atoms with van der Waals surface area (Å²) in [5.41, 5.74) is 1.000. The Morgan fingerprint density at radius 3 is 3.05 bits per heavy atom. The maximum Gasteiger partial charge on any atom is 0.246 e. The summed E-state index contributed by atoms with van der Waals surface area (Å²) < 4.78 is 18.3. The van der Waals surface area contributed by atoms with E-state index in [1.165, 1.54) is 6.33 Å². The fourth-order valence-electron chi connectivity index (χ4n) is 1.98. The molecule has 0 fully saturated rings. The smallest absolute Gasteiger partial charge is 0.246 e. The van der Waals surface area contributed by atoms with Crippen LogP contribution in [0.2, 0.25) is 5.02 Å². The maximum absolute atomic E-state index is 11.5. The lowest BCUT2D eigenvalue weighted by Gasteiger charge is -1.99. The van der Waals surface area contributed by atoms with Crippen LogP contribution in [-0.2, 0) is 23.8 Å². The molecule has 2 aromatic heterocycles. The average molecular weight is 338 g/mol. The summed E-state index contributed by atoms with van der Waals surface area (Å²) in [5, 5.41) is 12.5. The predicted molar refractivity (Wildman–Crippen MR) is 80.0 cm³/mol. The Labute approximate surface area is 133 Å². The molecule has 0 aliphatic rings. The van der Waals surface area contributed by atoms with E-state index >= 15 is 0 Å². The lowest BCUT2D eigenvalue weighted by atomic mass is 10.1. The molecule has 0 radical (unpaired) electrons. The van der Waals surface area contributed by atoms with Crippen molar-refractivity contribution >= 4 is 22.4 Å². The van der Waals surface area contributed by atoms with Crippen molar-refractivity contribution in [2.75, 3.05) is 6.26 Å². The van der Waals surface area contributed by atoms with Crippen molar-refractivity contribution in [3.8, 4) is 0 Å². The van der Waals surface area contributed by atoms with Crippen LogP contribution in [-0.4, -0.2) is 35.4 Å². The molecule has 3 aromatic rings. The summed E-state index contributed by atoms with van der Waals surface area (Å²) in [5.74, 6) is 0.966. The quantitative estimate of drug-likeness (QED) is 0.704. The van der Waals surface area contributed by atoms with Crippen molar-refractivity contribution in [1.29, 1.82) is 0 Å². The van der Waals surface area contributed by atoms with Crippen molar-refractivity contribution in [1.82, 2.24) is 24.9 Å². The standard InChI is InChI=1S/C13H12ClN5O2S/c1-22(20)13-17-15-8-19(13)7-12-16-11(18-21-12)6-9-3-2-4-10(14)5-9/h2-5,8H,6-7H2,1H3/t22-/m0/s1. The van der Waals surface area contributed by atoms with Crippen LogP contribution in [0, 0.1) is 0 Å². The number of halogens is 1. The highest BCUT2D eigenvalue weighted by atomic mass is 35.5. The summed E-state index contributed by atoms with van der Waals surface area (Å²) >= 11 is 5.95. The lowest BCUT2D eigenvalue weighted by Crippen LogP contribution is -2.05. The Bertz CT molecular complexity index is 816. The minimum atomic E-state index is -1.23. The Hall–Kier alpha value is -2.06. The third kappa shape index (κ3) is 3.40. The van der Waals surface area contributed by atoms with Gasteiger partial charge in [0.1, 0.15) is 12.9 Å². The average Bonchev–Trinajstić information content (AvgIpc) is 3.09. The monoisotopic (exact) mass is 337 g/mol. The molecule has 3 rings (SSSR count). The topological polar surface area (TPSA) is 86.7 Å². The molecule has 0 saturated carbocycles. The molecule has 0 amide bonds. The first-order valence-electron chi connectivity index (χ1n) is 6.39. The number of aromatic nitrogens is 5. The molecule has 0 aliphatic heterocycles. The minimum absolute atomic E-state index is 0.282. The highest BCUT2D eigenvalue weighted by molar-refractivity contribution is 7.84. The Balaban J connectivity index is 1.74. The molecule has 2 heterocycles. The maximum atomic E-state index is 11.5. The third-order valence-electron chi connectivity index (χ3n) is 2.90. The van der Waals surface area contributed by atoms with Gasteiger partial charge in [-0.3, -0.25) is 8.78 Å². The highest BCUT2D eigenvalue weighted by Gasteiger charge is 2.13. The SMILES string of the molecule is C[S@](=O)c1nncn1Cc1nc(Cc2cccc(Cl)c2)no1. The van der Waals surface area contributed by atoms with Crippen LogP contribution in [0.4, 0.5) is 0 Å².